The van der Waals surface area contributed by atoms with Gasteiger partial charge < -0.3 is 5.32 Å². The van der Waals surface area contributed by atoms with E-state index < -0.39 is 10.0 Å². The van der Waals surface area contributed by atoms with E-state index >= 15 is 0 Å². The second-order valence-corrected chi connectivity index (χ2v) is 10.8. The summed E-state index contributed by atoms with van der Waals surface area (Å²) >= 11 is 9.26. The summed E-state index contributed by atoms with van der Waals surface area (Å²) < 4.78 is 28.7. The summed E-state index contributed by atoms with van der Waals surface area (Å²) in [5.74, 6) is -0.389. The zero-order valence-corrected chi connectivity index (χ0v) is 20.9. The number of aryl methyl sites for hydroxylation is 1. The van der Waals surface area contributed by atoms with E-state index in [1.807, 2.05) is 50.2 Å². The van der Waals surface area contributed by atoms with Crippen LogP contribution in [0.15, 0.2) is 82.2 Å². The molecule has 32 heavy (non-hydrogen) atoms. The van der Waals surface area contributed by atoms with Crippen molar-refractivity contribution >= 4 is 43.5 Å². The first-order valence-electron chi connectivity index (χ1n) is 10.0. The fourth-order valence-electron chi connectivity index (χ4n) is 3.16. The van der Waals surface area contributed by atoms with Crippen molar-refractivity contribution in [2.75, 3.05) is 6.54 Å². The Labute approximate surface area is 202 Å². The Morgan fingerprint density at radius 2 is 1.59 bits per heavy atom. The molecule has 0 aliphatic rings. The minimum Gasteiger partial charge on any atom is -0.348 e. The molecule has 0 spiro atoms. The number of halogens is 2. The van der Waals surface area contributed by atoms with E-state index in [1.165, 1.54) is 16.4 Å². The van der Waals surface area contributed by atoms with Gasteiger partial charge in [0.05, 0.1) is 17.5 Å². The van der Waals surface area contributed by atoms with Gasteiger partial charge in [0.15, 0.2) is 0 Å². The third-order valence-corrected chi connectivity index (χ3v) is 7.58. The number of nitrogens with one attached hydrogen (secondary N) is 1. The van der Waals surface area contributed by atoms with Gasteiger partial charge in [0, 0.05) is 16.0 Å². The van der Waals surface area contributed by atoms with E-state index in [9.17, 15) is 13.2 Å². The highest BCUT2D eigenvalue weighted by Crippen LogP contribution is 2.22. The van der Waals surface area contributed by atoms with Gasteiger partial charge in [-0.2, -0.15) is 4.31 Å². The van der Waals surface area contributed by atoms with Crippen molar-refractivity contribution in [2.24, 2.45) is 0 Å². The maximum Gasteiger partial charge on any atom is 0.243 e. The molecule has 8 heteroatoms. The zero-order chi connectivity index (χ0) is 23.3. The first-order valence-corrected chi connectivity index (χ1v) is 12.6. The molecule has 3 aromatic rings. The molecular formula is C24H24BrClN2O3S. The van der Waals surface area contributed by atoms with Crippen LogP contribution in [-0.4, -0.2) is 25.2 Å². The number of hydrogen-bond donors (Lipinski definition) is 1. The highest BCUT2D eigenvalue weighted by molar-refractivity contribution is 9.10. The van der Waals surface area contributed by atoms with Crippen LogP contribution in [0.3, 0.4) is 0 Å². The Morgan fingerprint density at radius 3 is 2.19 bits per heavy atom. The third kappa shape index (κ3) is 6.42. The highest BCUT2D eigenvalue weighted by atomic mass is 79.9. The van der Waals surface area contributed by atoms with Crippen molar-refractivity contribution in [3.05, 3.63) is 99.0 Å². The maximum absolute atomic E-state index is 13.4. The number of nitrogens with zero attached hydrogens (tertiary/aromatic N) is 1. The first-order chi connectivity index (χ1) is 15.1. The largest absolute Gasteiger partial charge is 0.348 e. The molecule has 168 valence electrons. The molecule has 0 radical (unpaired) electrons. The van der Waals surface area contributed by atoms with Crippen molar-refractivity contribution in [1.82, 2.24) is 9.62 Å². The molecule has 0 unspecified atom stereocenters. The molecule has 1 atom stereocenters. The summed E-state index contributed by atoms with van der Waals surface area (Å²) in [5, 5.41) is 3.49. The lowest BCUT2D eigenvalue weighted by Crippen LogP contribution is -2.41. The zero-order valence-electron chi connectivity index (χ0n) is 17.8. The molecule has 0 fully saturated rings. The summed E-state index contributed by atoms with van der Waals surface area (Å²) in [6, 6.07) is 20.8. The lowest BCUT2D eigenvalue weighted by molar-refractivity contribution is -0.122. The molecule has 1 amide bonds. The van der Waals surface area contributed by atoms with Crippen molar-refractivity contribution < 1.29 is 13.2 Å². The summed E-state index contributed by atoms with van der Waals surface area (Å²) in [4.78, 5) is 13.0. The molecule has 0 bridgehead atoms. The predicted octanol–water partition coefficient (Wildman–Crippen LogP) is 5.48. The molecule has 5 nitrogen and oxygen atoms in total. The van der Waals surface area contributed by atoms with Crippen molar-refractivity contribution in [3.8, 4) is 0 Å². The lowest BCUT2D eigenvalue weighted by atomic mass is 10.1. The lowest BCUT2D eigenvalue weighted by Gasteiger charge is -2.23. The Kier molecular flexibility index (Phi) is 8.11. The van der Waals surface area contributed by atoms with E-state index in [2.05, 4.69) is 21.2 Å². The quantitative estimate of drug-likeness (QED) is 0.415. The van der Waals surface area contributed by atoms with Crippen LogP contribution in [0, 0.1) is 6.92 Å². The molecule has 0 saturated carbocycles. The highest BCUT2D eigenvalue weighted by Gasteiger charge is 2.27. The van der Waals surface area contributed by atoms with E-state index in [-0.39, 0.29) is 29.9 Å². The van der Waals surface area contributed by atoms with E-state index in [4.69, 9.17) is 11.6 Å². The average molecular weight is 536 g/mol. The summed E-state index contributed by atoms with van der Waals surface area (Å²) in [5.41, 5.74) is 2.75. The molecule has 0 aliphatic heterocycles. The van der Waals surface area contributed by atoms with Gasteiger partial charge in [0.1, 0.15) is 0 Å². The van der Waals surface area contributed by atoms with Crippen molar-refractivity contribution in [3.63, 3.8) is 0 Å². The van der Waals surface area contributed by atoms with Crippen LogP contribution in [0.4, 0.5) is 0 Å². The smallest absolute Gasteiger partial charge is 0.243 e. The fraction of sp³-hybridized carbons (Fsp3) is 0.208. The van der Waals surface area contributed by atoms with Gasteiger partial charge in [0.2, 0.25) is 15.9 Å². The molecular weight excluding hydrogens is 512 g/mol. The third-order valence-electron chi connectivity index (χ3n) is 5.00. The van der Waals surface area contributed by atoms with E-state index in [0.29, 0.717) is 5.02 Å². The Bertz CT molecular complexity index is 1170. The molecule has 0 aromatic heterocycles. The van der Waals surface area contributed by atoms with Gasteiger partial charge >= 0.3 is 0 Å². The van der Waals surface area contributed by atoms with E-state index in [0.717, 1.165) is 21.2 Å². The summed E-state index contributed by atoms with van der Waals surface area (Å²) in [7, 11) is -3.89. The van der Waals surface area contributed by atoms with E-state index in [1.54, 1.807) is 24.3 Å². The van der Waals surface area contributed by atoms with Crippen LogP contribution in [0.1, 0.15) is 29.7 Å². The number of carbonyl (C=O) groups is 1. The Morgan fingerprint density at radius 1 is 1.00 bits per heavy atom. The van der Waals surface area contributed by atoms with Crippen molar-refractivity contribution in [2.45, 2.75) is 31.3 Å². The van der Waals surface area contributed by atoms with Crippen LogP contribution in [0.25, 0.3) is 0 Å². The molecule has 0 saturated heterocycles. The minimum atomic E-state index is -3.89. The van der Waals surface area contributed by atoms with Gasteiger partial charge in [0.25, 0.3) is 0 Å². The van der Waals surface area contributed by atoms with Crippen LogP contribution >= 0.6 is 27.5 Å². The van der Waals surface area contributed by atoms with Crippen LogP contribution in [0.2, 0.25) is 5.02 Å². The molecule has 3 rings (SSSR count). The standard InChI is InChI=1S/C24H24BrClN2O3S/c1-17-3-5-19(6-4-17)15-28(32(30,31)23-13-9-21(25)10-14-23)16-24(29)27-18(2)20-7-11-22(26)12-8-20/h3-14,18H,15-16H2,1-2H3,(H,27,29)/t18-/m0/s1. The fourth-order valence-corrected chi connectivity index (χ4v) is 4.94. The molecule has 3 aromatic carbocycles. The summed E-state index contributed by atoms with van der Waals surface area (Å²) in [6.07, 6.45) is 0. The molecule has 0 heterocycles. The van der Waals surface area contributed by atoms with Gasteiger partial charge in [-0.25, -0.2) is 8.42 Å². The van der Waals surface area contributed by atoms with Gasteiger partial charge in [-0.15, -0.1) is 0 Å². The van der Waals surface area contributed by atoms with Crippen molar-refractivity contribution in [1.29, 1.82) is 0 Å². The molecule has 0 aliphatic carbocycles. The Hall–Kier alpha value is -2.19. The van der Waals surface area contributed by atoms with Crippen LogP contribution < -0.4 is 5.32 Å². The molecule has 1 N–H and O–H groups in total. The number of amides is 1. The SMILES string of the molecule is Cc1ccc(CN(CC(=O)N[C@@H](C)c2ccc(Cl)cc2)S(=O)(=O)c2ccc(Br)cc2)cc1. The number of sulfonamides is 1. The summed E-state index contributed by atoms with van der Waals surface area (Å²) in [6.45, 7) is 3.59. The van der Waals surface area contributed by atoms with Gasteiger partial charge in [-0.05, 0) is 61.4 Å². The number of hydrogen-bond acceptors (Lipinski definition) is 3. The average Bonchev–Trinajstić information content (AvgIpc) is 2.75. The first kappa shape index (κ1) is 24.5. The second kappa shape index (κ2) is 10.6. The maximum atomic E-state index is 13.4. The second-order valence-electron chi connectivity index (χ2n) is 7.55. The predicted molar refractivity (Wildman–Crippen MR) is 131 cm³/mol. The number of benzene rings is 3. The van der Waals surface area contributed by atoms with Gasteiger partial charge in [-0.3, -0.25) is 4.79 Å². The normalized spacial score (nSPS) is 12.5. The minimum absolute atomic E-state index is 0.0847. The number of carbonyl (C=O) groups excluding carboxylic acids is 1. The van der Waals surface area contributed by atoms with Crippen LogP contribution in [-0.2, 0) is 21.4 Å². The monoisotopic (exact) mass is 534 g/mol. The van der Waals surface area contributed by atoms with Gasteiger partial charge in [-0.1, -0.05) is 69.5 Å². The topological polar surface area (TPSA) is 66.5 Å². The number of rotatable bonds is 8. The van der Waals surface area contributed by atoms with Crippen LogP contribution in [0.5, 0.6) is 0 Å². The Balaban J connectivity index is 1.82.